The molecule has 4 rings (SSSR count). The molecule has 0 unspecified atom stereocenters. The van der Waals surface area contributed by atoms with Crippen LogP contribution >= 0.6 is 0 Å². The molecule has 0 aromatic heterocycles. The fourth-order valence-electron chi connectivity index (χ4n) is 4.89. The lowest BCUT2D eigenvalue weighted by molar-refractivity contribution is -0.109. The lowest BCUT2D eigenvalue weighted by Crippen LogP contribution is -2.56. The van der Waals surface area contributed by atoms with Crippen LogP contribution in [0.5, 0.6) is 5.75 Å². The normalized spacial score (nSPS) is 28.4. The molecule has 1 aromatic carbocycles. The Kier molecular flexibility index (Phi) is 7.99. The molecule has 0 bridgehead atoms. The van der Waals surface area contributed by atoms with Gasteiger partial charge in [0.25, 0.3) is 0 Å². The van der Waals surface area contributed by atoms with Crippen LogP contribution in [0.2, 0.25) is 0 Å². The number of aldehydes is 1. The van der Waals surface area contributed by atoms with Crippen LogP contribution in [-0.4, -0.2) is 57.9 Å². The van der Waals surface area contributed by atoms with Crippen LogP contribution in [0.1, 0.15) is 62.8 Å². The van der Waals surface area contributed by atoms with Gasteiger partial charge >= 0.3 is 0 Å². The van der Waals surface area contributed by atoms with E-state index in [1.54, 1.807) is 0 Å². The largest absolute Gasteiger partial charge is 0.483 e. The summed E-state index contributed by atoms with van der Waals surface area (Å²) in [4.78, 5) is 10.6. The quantitative estimate of drug-likeness (QED) is 0.494. The van der Waals surface area contributed by atoms with E-state index in [1.807, 2.05) is 0 Å². The summed E-state index contributed by atoms with van der Waals surface area (Å²) in [5, 5.41) is 3.14. The van der Waals surface area contributed by atoms with Gasteiger partial charge < -0.3 is 14.8 Å². The monoisotopic (exact) mass is 486 g/mol. The van der Waals surface area contributed by atoms with E-state index in [9.17, 15) is 22.0 Å². The molecule has 3 aliphatic rings. The van der Waals surface area contributed by atoms with Gasteiger partial charge in [0.15, 0.2) is 17.9 Å². The highest BCUT2D eigenvalue weighted by atomic mass is 32.2. The van der Waals surface area contributed by atoms with Gasteiger partial charge in [-0.1, -0.05) is 0 Å². The maximum atomic E-state index is 14.2. The summed E-state index contributed by atoms with van der Waals surface area (Å²) >= 11 is 0. The van der Waals surface area contributed by atoms with Crippen LogP contribution in [0.25, 0.3) is 0 Å². The molecule has 0 radical (unpaired) electrons. The maximum Gasteiger partial charge on any atom is 0.214 e. The van der Waals surface area contributed by atoms with E-state index in [1.165, 1.54) is 6.07 Å². The van der Waals surface area contributed by atoms with E-state index in [4.69, 9.17) is 9.47 Å². The van der Waals surface area contributed by atoms with Crippen molar-refractivity contribution in [3.05, 3.63) is 29.3 Å². The molecule has 3 fully saturated rings. The smallest absolute Gasteiger partial charge is 0.214 e. The summed E-state index contributed by atoms with van der Waals surface area (Å²) in [5.41, 5.74) is 0.455. The molecule has 1 aliphatic heterocycles. The molecule has 1 aromatic rings. The highest BCUT2D eigenvalue weighted by Crippen LogP contribution is 2.40. The number of hydrogen-bond acceptors (Lipinski definition) is 6. The third kappa shape index (κ3) is 6.29. The maximum absolute atomic E-state index is 14.2. The van der Waals surface area contributed by atoms with Crippen molar-refractivity contribution in [3.8, 4) is 5.75 Å². The Labute approximate surface area is 193 Å². The minimum Gasteiger partial charge on any atom is -0.483 e. The predicted octanol–water partition coefficient (Wildman–Crippen LogP) is 2.79. The number of hydrogen-bond donors (Lipinski definition) is 2. The average molecular weight is 487 g/mol. The van der Waals surface area contributed by atoms with Crippen molar-refractivity contribution in [2.24, 2.45) is 0 Å². The number of sulfonamides is 1. The number of ether oxygens (including phenoxy) is 2. The van der Waals surface area contributed by atoms with Gasteiger partial charge in [0.1, 0.15) is 12.4 Å². The molecular formula is C23H32F2N2O5S. The van der Waals surface area contributed by atoms with Gasteiger partial charge in [-0.05, 0) is 69.9 Å². The fourth-order valence-corrected chi connectivity index (χ4v) is 6.54. The molecule has 184 valence electrons. The molecule has 2 N–H and O–H groups in total. The number of nitrogens with one attached hydrogen (secondary N) is 2. The van der Waals surface area contributed by atoms with Gasteiger partial charge in [0, 0.05) is 23.7 Å². The second-order valence-corrected chi connectivity index (χ2v) is 11.3. The van der Waals surface area contributed by atoms with Crippen molar-refractivity contribution in [2.45, 2.75) is 80.7 Å². The van der Waals surface area contributed by atoms with Crippen LogP contribution in [0.15, 0.2) is 12.1 Å². The van der Waals surface area contributed by atoms with Crippen molar-refractivity contribution in [1.82, 2.24) is 10.0 Å². The Morgan fingerprint density at radius 1 is 1.09 bits per heavy atom. The molecule has 7 nitrogen and oxygen atoms in total. The number of benzene rings is 1. The van der Waals surface area contributed by atoms with Crippen molar-refractivity contribution in [3.63, 3.8) is 0 Å². The Morgan fingerprint density at radius 3 is 2.55 bits per heavy atom. The van der Waals surface area contributed by atoms with Crippen molar-refractivity contribution in [1.29, 1.82) is 0 Å². The number of halogens is 2. The summed E-state index contributed by atoms with van der Waals surface area (Å²) < 4.78 is 67.1. The summed E-state index contributed by atoms with van der Waals surface area (Å²) in [5.74, 6) is -1.59. The topological polar surface area (TPSA) is 93.7 Å². The standard InChI is InChI=1S/C23H32F2N2O5S/c24-16-12-19(23(20(25)13-16)31-11-10-28)15-3-5-17(6-4-15)32-14-22-21(2-1-9-26-22)27-33(29,30)18-7-8-18/h10,12-13,15,17-18,21-22,26-27H,1-9,11,14H2/t15-,17+,21-,22-/m0/s1. The molecule has 33 heavy (non-hydrogen) atoms. The van der Waals surface area contributed by atoms with Crippen LogP contribution in [0.4, 0.5) is 8.78 Å². The average Bonchev–Trinajstić information content (AvgIpc) is 3.64. The molecule has 0 amide bonds. The first-order chi connectivity index (χ1) is 15.9. The highest BCUT2D eigenvalue weighted by Gasteiger charge is 2.39. The van der Waals surface area contributed by atoms with Crippen LogP contribution in [0.3, 0.4) is 0 Å². The van der Waals surface area contributed by atoms with E-state index in [0.717, 1.165) is 51.1 Å². The van der Waals surface area contributed by atoms with Gasteiger partial charge in [0.2, 0.25) is 10.0 Å². The highest BCUT2D eigenvalue weighted by molar-refractivity contribution is 7.90. The predicted molar refractivity (Wildman–Crippen MR) is 119 cm³/mol. The number of carbonyl (C=O) groups is 1. The molecule has 2 aliphatic carbocycles. The Morgan fingerprint density at radius 2 is 1.85 bits per heavy atom. The van der Waals surface area contributed by atoms with Gasteiger partial charge in [-0.3, -0.25) is 4.79 Å². The Hall–Kier alpha value is -1.62. The zero-order valence-electron chi connectivity index (χ0n) is 18.6. The fraction of sp³-hybridized carbons (Fsp3) is 0.696. The van der Waals surface area contributed by atoms with E-state index in [2.05, 4.69) is 10.0 Å². The van der Waals surface area contributed by atoms with Crippen molar-refractivity contribution in [2.75, 3.05) is 19.8 Å². The summed E-state index contributed by atoms with van der Waals surface area (Å²) in [6.45, 7) is 0.959. The molecular weight excluding hydrogens is 454 g/mol. The molecule has 10 heteroatoms. The van der Waals surface area contributed by atoms with Crippen molar-refractivity contribution >= 4 is 16.3 Å². The second kappa shape index (κ2) is 10.8. The summed E-state index contributed by atoms with van der Waals surface area (Å²) in [6, 6.07) is 1.81. The Balaban J connectivity index is 1.31. The Bertz CT molecular complexity index is 933. The number of carbonyl (C=O) groups excluding carboxylic acids is 1. The first-order valence-corrected chi connectivity index (χ1v) is 13.3. The minimum absolute atomic E-state index is 0.00316. The van der Waals surface area contributed by atoms with Crippen LogP contribution < -0.4 is 14.8 Å². The SMILES string of the molecule is O=CCOc1c(F)cc(F)cc1[C@H]1CC[C@@H](OC[C@@H]2NCCC[C@@H]2NS(=O)(=O)C2CC2)CC1. The summed E-state index contributed by atoms with van der Waals surface area (Å²) in [7, 11) is -3.26. The third-order valence-corrected chi connectivity index (χ3v) is 8.80. The van der Waals surface area contributed by atoms with Crippen LogP contribution in [0, 0.1) is 11.6 Å². The number of rotatable bonds is 10. The van der Waals surface area contributed by atoms with Crippen molar-refractivity contribution < 1.29 is 31.5 Å². The van der Waals surface area contributed by atoms with Crippen LogP contribution in [-0.2, 0) is 19.6 Å². The number of piperidine rings is 1. The van der Waals surface area contributed by atoms with Gasteiger partial charge in [-0.15, -0.1) is 0 Å². The summed E-state index contributed by atoms with van der Waals surface area (Å²) in [6.07, 6.45) is 6.52. The second-order valence-electron chi connectivity index (χ2n) is 9.26. The molecule has 1 saturated heterocycles. The molecule has 0 spiro atoms. The molecule has 1 heterocycles. The van der Waals surface area contributed by atoms with Gasteiger partial charge in [-0.25, -0.2) is 21.9 Å². The first-order valence-electron chi connectivity index (χ1n) is 11.8. The minimum atomic E-state index is -3.26. The zero-order valence-corrected chi connectivity index (χ0v) is 19.4. The van der Waals surface area contributed by atoms with Gasteiger partial charge in [-0.2, -0.15) is 0 Å². The third-order valence-electron chi connectivity index (χ3n) is 6.82. The lowest BCUT2D eigenvalue weighted by atomic mass is 9.82. The lowest BCUT2D eigenvalue weighted by Gasteiger charge is -2.35. The first kappa shape index (κ1) is 24.5. The van der Waals surface area contributed by atoms with E-state index in [0.29, 0.717) is 31.3 Å². The van der Waals surface area contributed by atoms with E-state index in [-0.39, 0.29) is 41.7 Å². The van der Waals surface area contributed by atoms with E-state index < -0.39 is 21.7 Å². The zero-order chi connectivity index (χ0) is 23.4. The molecule has 2 saturated carbocycles. The molecule has 2 atom stereocenters. The van der Waals surface area contributed by atoms with Gasteiger partial charge in [0.05, 0.1) is 18.0 Å². The van der Waals surface area contributed by atoms with E-state index >= 15 is 0 Å².